The number of anilines is 2. The number of carbonyl (C=O) groups excluding carboxylic acids is 2. The van der Waals surface area contributed by atoms with Crippen LogP contribution in [0, 0.1) is 0 Å². The molecule has 0 saturated carbocycles. The van der Waals surface area contributed by atoms with E-state index >= 15 is 0 Å². The van der Waals surface area contributed by atoms with Crippen molar-refractivity contribution in [2.45, 2.75) is 12.8 Å². The number of nitrogens with zero attached hydrogens (tertiary/aromatic N) is 2. The van der Waals surface area contributed by atoms with Crippen molar-refractivity contribution < 1.29 is 14.3 Å². The lowest BCUT2D eigenvalue weighted by Gasteiger charge is -2.16. The van der Waals surface area contributed by atoms with Gasteiger partial charge in [-0.1, -0.05) is 6.07 Å². The summed E-state index contributed by atoms with van der Waals surface area (Å²) in [6.07, 6.45) is 2.91. The summed E-state index contributed by atoms with van der Waals surface area (Å²) in [5.74, 6) is 0.314. The largest absolute Gasteiger partial charge is 0.481 e. The predicted octanol–water partition coefficient (Wildman–Crippen LogP) is 2.47. The van der Waals surface area contributed by atoms with Gasteiger partial charge in [-0.25, -0.2) is 4.98 Å². The summed E-state index contributed by atoms with van der Waals surface area (Å²) < 4.78 is 4.97. The van der Waals surface area contributed by atoms with Crippen LogP contribution in [0.15, 0.2) is 42.6 Å². The van der Waals surface area contributed by atoms with Gasteiger partial charge in [0, 0.05) is 36.6 Å². The molecule has 2 heterocycles. The Balaban J connectivity index is 1.74. The number of rotatable bonds is 4. The molecule has 1 fully saturated rings. The van der Waals surface area contributed by atoms with Crippen molar-refractivity contribution in [3.05, 3.63) is 48.2 Å². The van der Waals surface area contributed by atoms with Gasteiger partial charge < -0.3 is 15.0 Å². The lowest BCUT2D eigenvalue weighted by atomic mass is 10.2. The van der Waals surface area contributed by atoms with E-state index in [0.717, 1.165) is 18.7 Å². The molecule has 6 heteroatoms. The second kappa shape index (κ2) is 6.48. The van der Waals surface area contributed by atoms with E-state index in [1.165, 1.54) is 13.3 Å². The molecular weight excluding hydrogens is 294 g/mol. The Labute approximate surface area is 134 Å². The molecule has 1 saturated heterocycles. The normalized spacial score (nSPS) is 14.0. The second-order valence-corrected chi connectivity index (χ2v) is 5.24. The highest BCUT2D eigenvalue weighted by Crippen LogP contribution is 2.24. The number of ether oxygens (including phenoxy) is 1. The second-order valence-electron chi connectivity index (χ2n) is 5.24. The fraction of sp³-hybridized carbons (Fsp3) is 0.235. The van der Waals surface area contributed by atoms with E-state index < -0.39 is 0 Å². The van der Waals surface area contributed by atoms with Crippen molar-refractivity contribution >= 4 is 23.2 Å². The molecule has 6 nitrogen and oxygen atoms in total. The van der Waals surface area contributed by atoms with Crippen LogP contribution in [-0.2, 0) is 4.79 Å². The molecule has 118 valence electrons. The minimum Gasteiger partial charge on any atom is -0.481 e. The lowest BCUT2D eigenvalue weighted by Crippen LogP contribution is -2.23. The average molecular weight is 311 g/mol. The molecule has 3 rings (SSSR count). The van der Waals surface area contributed by atoms with Gasteiger partial charge >= 0.3 is 0 Å². The number of nitrogens with one attached hydrogen (secondary N) is 1. The number of carbonyl (C=O) groups is 2. The molecule has 0 atom stereocenters. The van der Waals surface area contributed by atoms with Crippen LogP contribution in [0.25, 0.3) is 0 Å². The van der Waals surface area contributed by atoms with E-state index in [-0.39, 0.29) is 11.8 Å². The summed E-state index contributed by atoms with van der Waals surface area (Å²) in [5, 5.41) is 2.82. The summed E-state index contributed by atoms with van der Waals surface area (Å²) in [6.45, 7) is 0.721. The first kappa shape index (κ1) is 15.0. The zero-order valence-electron chi connectivity index (χ0n) is 12.8. The van der Waals surface area contributed by atoms with Crippen molar-refractivity contribution in [3.8, 4) is 5.88 Å². The molecule has 0 unspecified atom stereocenters. The summed E-state index contributed by atoms with van der Waals surface area (Å²) in [4.78, 5) is 29.8. The van der Waals surface area contributed by atoms with E-state index in [2.05, 4.69) is 10.3 Å². The molecule has 1 aromatic carbocycles. The molecule has 1 aliphatic rings. The van der Waals surface area contributed by atoms with Gasteiger partial charge in [-0.15, -0.1) is 0 Å². The quantitative estimate of drug-likeness (QED) is 0.941. The van der Waals surface area contributed by atoms with Crippen LogP contribution >= 0.6 is 0 Å². The third kappa shape index (κ3) is 3.31. The summed E-state index contributed by atoms with van der Waals surface area (Å²) in [6, 6.07) is 10.6. The Hall–Kier alpha value is -2.89. The Bertz CT molecular complexity index is 728. The topological polar surface area (TPSA) is 71.5 Å². The maximum atomic E-state index is 12.2. The molecule has 1 N–H and O–H groups in total. The number of methoxy groups -OCH3 is 1. The molecule has 2 amide bonds. The molecule has 0 aliphatic carbocycles. The molecule has 0 bridgehead atoms. The minimum atomic E-state index is -0.259. The van der Waals surface area contributed by atoms with Gasteiger partial charge in [0.1, 0.15) is 0 Å². The highest BCUT2D eigenvalue weighted by molar-refractivity contribution is 6.04. The van der Waals surface area contributed by atoms with Crippen molar-refractivity contribution in [2.24, 2.45) is 0 Å². The van der Waals surface area contributed by atoms with Gasteiger partial charge in [0.25, 0.3) is 5.91 Å². The maximum Gasteiger partial charge on any atom is 0.257 e. The van der Waals surface area contributed by atoms with Crippen molar-refractivity contribution in [1.82, 2.24) is 4.98 Å². The van der Waals surface area contributed by atoms with Gasteiger partial charge in [0.2, 0.25) is 11.8 Å². The Morgan fingerprint density at radius 2 is 2.17 bits per heavy atom. The van der Waals surface area contributed by atoms with Crippen molar-refractivity contribution in [2.75, 3.05) is 23.9 Å². The van der Waals surface area contributed by atoms with E-state index in [1.54, 1.807) is 29.2 Å². The first-order valence-corrected chi connectivity index (χ1v) is 7.39. The van der Waals surface area contributed by atoms with Crippen LogP contribution in [-0.4, -0.2) is 30.5 Å². The Kier molecular flexibility index (Phi) is 4.23. The zero-order chi connectivity index (χ0) is 16.2. The maximum absolute atomic E-state index is 12.2. The van der Waals surface area contributed by atoms with Crippen LogP contribution in [0.2, 0.25) is 0 Å². The molecular formula is C17H17N3O3. The molecule has 1 aromatic heterocycles. The zero-order valence-corrected chi connectivity index (χ0v) is 12.8. The van der Waals surface area contributed by atoms with Crippen LogP contribution in [0.3, 0.4) is 0 Å². The average Bonchev–Trinajstić information content (AvgIpc) is 3.01. The number of amides is 2. The Morgan fingerprint density at radius 1 is 1.30 bits per heavy atom. The number of hydrogen-bond donors (Lipinski definition) is 1. The first-order valence-electron chi connectivity index (χ1n) is 7.39. The van der Waals surface area contributed by atoms with Crippen LogP contribution in [0.5, 0.6) is 5.88 Å². The highest BCUT2D eigenvalue weighted by atomic mass is 16.5. The number of pyridine rings is 1. The van der Waals surface area contributed by atoms with E-state index in [4.69, 9.17) is 4.74 Å². The molecule has 0 radical (unpaired) electrons. The molecule has 2 aromatic rings. The molecule has 23 heavy (non-hydrogen) atoms. The molecule has 1 aliphatic heterocycles. The van der Waals surface area contributed by atoms with Gasteiger partial charge in [-0.05, 0) is 30.7 Å². The number of benzene rings is 1. The number of aromatic nitrogens is 1. The third-order valence-corrected chi connectivity index (χ3v) is 3.70. The van der Waals surface area contributed by atoms with Crippen LogP contribution in [0.4, 0.5) is 11.4 Å². The fourth-order valence-electron chi connectivity index (χ4n) is 2.51. The van der Waals surface area contributed by atoms with Gasteiger partial charge in [0.15, 0.2) is 0 Å². The van der Waals surface area contributed by atoms with Gasteiger partial charge in [-0.2, -0.15) is 0 Å². The summed E-state index contributed by atoms with van der Waals surface area (Å²) >= 11 is 0. The van der Waals surface area contributed by atoms with E-state index in [1.807, 2.05) is 12.1 Å². The fourth-order valence-corrected chi connectivity index (χ4v) is 2.51. The predicted molar refractivity (Wildman–Crippen MR) is 86.8 cm³/mol. The summed E-state index contributed by atoms with van der Waals surface area (Å²) in [7, 11) is 1.52. The Morgan fingerprint density at radius 3 is 2.83 bits per heavy atom. The van der Waals surface area contributed by atoms with Gasteiger partial charge in [-0.3, -0.25) is 9.59 Å². The molecule has 0 spiro atoms. The van der Waals surface area contributed by atoms with Crippen molar-refractivity contribution in [3.63, 3.8) is 0 Å². The van der Waals surface area contributed by atoms with Crippen LogP contribution < -0.4 is 15.0 Å². The smallest absolute Gasteiger partial charge is 0.257 e. The summed E-state index contributed by atoms with van der Waals surface area (Å²) in [5.41, 5.74) is 1.88. The van der Waals surface area contributed by atoms with E-state index in [0.29, 0.717) is 23.6 Å². The minimum absolute atomic E-state index is 0.118. The standard InChI is InChI=1S/C17H17N3O3/c1-23-15-8-7-12(11-18-15)17(22)19-13-4-2-5-14(10-13)20-9-3-6-16(20)21/h2,4-5,7-8,10-11H,3,6,9H2,1H3,(H,19,22). The van der Waals surface area contributed by atoms with Crippen molar-refractivity contribution in [1.29, 1.82) is 0 Å². The third-order valence-electron chi connectivity index (χ3n) is 3.70. The van der Waals surface area contributed by atoms with Gasteiger partial charge in [0.05, 0.1) is 12.7 Å². The van der Waals surface area contributed by atoms with E-state index in [9.17, 15) is 9.59 Å². The highest BCUT2D eigenvalue weighted by Gasteiger charge is 2.21. The van der Waals surface area contributed by atoms with Crippen LogP contribution in [0.1, 0.15) is 23.2 Å². The SMILES string of the molecule is COc1ccc(C(=O)Nc2cccc(N3CCCC3=O)c2)cn1. The first-order chi connectivity index (χ1) is 11.2. The number of hydrogen-bond acceptors (Lipinski definition) is 4. The monoisotopic (exact) mass is 311 g/mol. The lowest BCUT2D eigenvalue weighted by molar-refractivity contribution is -0.117.